The fraction of sp³-hybridized carbons (Fsp3) is 0.278. The fourth-order valence-corrected chi connectivity index (χ4v) is 2.98. The molecule has 0 amide bonds. The molecule has 0 N–H and O–H groups in total. The molecule has 0 fully saturated rings. The lowest BCUT2D eigenvalue weighted by molar-refractivity contribution is 0.562. The molecule has 1 heterocycles. The highest BCUT2D eigenvalue weighted by Crippen LogP contribution is 2.35. The van der Waals surface area contributed by atoms with E-state index in [1.165, 1.54) is 16.9 Å². The van der Waals surface area contributed by atoms with Crippen LogP contribution in [-0.4, -0.2) is 6.54 Å². The molecule has 0 aromatic heterocycles. The second-order valence-electron chi connectivity index (χ2n) is 5.66. The average molecular weight is 262 g/mol. The van der Waals surface area contributed by atoms with Gasteiger partial charge in [0.25, 0.3) is 0 Å². The van der Waals surface area contributed by atoms with E-state index in [0.717, 1.165) is 24.1 Å². The minimum absolute atomic E-state index is 0.640. The molecule has 1 aliphatic heterocycles. The molecule has 0 saturated heterocycles. The number of hydrogen-bond donors (Lipinski definition) is 0. The molecule has 20 heavy (non-hydrogen) atoms. The maximum Gasteiger partial charge on any atom is 0.0994 e. The van der Waals surface area contributed by atoms with Crippen molar-refractivity contribution in [2.45, 2.75) is 20.3 Å². The van der Waals surface area contributed by atoms with E-state index < -0.39 is 0 Å². The fourth-order valence-electron chi connectivity index (χ4n) is 2.98. The zero-order valence-electron chi connectivity index (χ0n) is 11.9. The largest absolute Gasteiger partial charge is 0.341 e. The molecular weight excluding hydrogens is 244 g/mol. The van der Waals surface area contributed by atoms with Gasteiger partial charge in [-0.15, -0.1) is 0 Å². The van der Waals surface area contributed by atoms with Gasteiger partial charge in [-0.2, -0.15) is 5.26 Å². The van der Waals surface area contributed by atoms with Gasteiger partial charge in [-0.25, -0.2) is 0 Å². The number of nitriles is 1. The predicted molar refractivity (Wildman–Crippen MR) is 82.2 cm³/mol. The van der Waals surface area contributed by atoms with E-state index in [-0.39, 0.29) is 0 Å². The van der Waals surface area contributed by atoms with Crippen molar-refractivity contribution in [3.05, 3.63) is 59.2 Å². The zero-order chi connectivity index (χ0) is 14.1. The van der Waals surface area contributed by atoms with Gasteiger partial charge in [-0.1, -0.05) is 25.1 Å². The van der Waals surface area contributed by atoms with Crippen molar-refractivity contribution in [2.75, 3.05) is 11.4 Å². The highest BCUT2D eigenvalue weighted by Gasteiger charge is 2.22. The number of para-hydroxylation sites is 1. The minimum Gasteiger partial charge on any atom is -0.341 e. The Labute approximate surface area is 120 Å². The Bertz CT molecular complexity index is 682. The maximum absolute atomic E-state index is 9.06. The molecule has 0 aliphatic carbocycles. The third-order valence-electron chi connectivity index (χ3n) is 3.99. The average Bonchev–Trinajstić information content (AvgIpc) is 2.46. The van der Waals surface area contributed by atoms with Crippen LogP contribution in [0.25, 0.3) is 0 Å². The highest BCUT2D eigenvalue weighted by atomic mass is 15.1. The van der Waals surface area contributed by atoms with Crippen LogP contribution in [0.3, 0.4) is 0 Å². The molecule has 2 nitrogen and oxygen atoms in total. The van der Waals surface area contributed by atoms with Crippen molar-refractivity contribution in [1.82, 2.24) is 0 Å². The van der Waals surface area contributed by atoms with Crippen molar-refractivity contribution < 1.29 is 0 Å². The van der Waals surface area contributed by atoms with E-state index in [1.807, 2.05) is 13.0 Å². The molecular formula is C18H18N2. The lowest BCUT2D eigenvalue weighted by Crippen LogP contribution is -2.30. The normalized spacial score (nSPS) is 17.4. The summed E-state index contributed by atoms with van der Waals surface area (Å²) >= 11 is 0. The third-order valence-corrected chi connectivity index (χ3v) is 3.99. The van der Waals surface area contributed by atoms with Gasteiger partial charge >= 0.3 is 0 Å². The molecule has 100 valence electrons. The standard InChI is InChI=1S/C18H18N2/c1-13-9-15-5-3-4-6-18(15)20(12-13)17-8-7-16(11-19)14(2)10-17/h3-8,10,13H,9,12H2,1-2H3. The van der Waals surface area contributed by atoms with Gasteiger partial charge in [-0.05, 0) is 54.7 Å². The van der Waals surface area contributed by atoms with Gasteiger partial charge in [0.2, 0.25) is 0 Å². The van der Waals surface area contributed by atoms with Crippen LogP contribution in [0.4, 0.5) is 11.4 Å². The summed E-state index contributed by atoms with van der Waals surface area (Å²) in [5, 5.41) is 9.06. The summed E-state index contributed by atoms with van der Waals surface area (Å²) < 4.78 is 0. The van der Waals surface area contributed by atoms with Crippen molar-refractivity contribution >= 4 is 11.4 Å². The quantitative estimate of drug-likeness (QED) is 0.770. The molecule has 3 rings (SSSR count). The van der Waals surface area contributed by atoms with Gasteiger partial charge in [0, 0.05) is 17.9 Å². The van der Waals surface area contributed by atoms with E-state index in [0.29, 0.717) is 5.92 Å². The van der Waals surface area contributed by atoms with E-state index in [9.17, 15) is 0 Å². The molecule has 2 aromatic rings. The summed E-state index contributed by atoms with van der Waals surface area (Å²) in [6.07, 6.45) is 1.14. The van der Waals surface area contributed by atoms with Crippen LogP contribution in [0.15, 0.2) is 42.5 Å². The van der Waals surface area contributed by atoms with Crippen LogP contribution < -0.4 is 4.90 Å². The SMILES string of the molecule is Cc1cc(N2CC(C)Cc3ccccc32)ccc1C#N. The van der Waals surface area contributed by atoms with Gasteiger partial charge in [0.15, 0.2) is 0 Å². The number of anilines is 2. The van der Waals surface area contributed by atoms with E-state index in [1.54, 1.807) is 0 Å². The van der Waals surface area contributed by atoms with E-state index in [4.69, 9.17) is 5.26 Å². The second kappa shape index (κ2) is 5.02. The molecule has 0 saturated carbocycles. The lowest BCUT2D eigenvalue weighted by Gasteiger charge is -2.35. The number of hydrogen-bond acceptors (Lipinski definition) is 2. The van der Waals surface area contributed by atoms with Crippen LogP contribution in [-0.2, 0) is 6.42 Å². The summed E-state index contributed by atoms with van der Waals surface area (Å²) in [4.78, 5) is 2.37. The first-order chi connectivity index (χ1) is 9.69. The Morgan fingerprint density at radius 1 is 1.20 bits per heavy atom. The maximum atomic E-state index is 9.06. The number of aryl methyl sites for hydroxylation is 1. The molecule has 0 spiro atoms. The molecule has 2 heteroatoms. The monoisotopic (exact) mass is 262 g/mol. The van der Waals surface area contributed by atoms with E-state index >= 15 is 0 Å². The minimum atomic E-state index is 0.640. The van der Waals surface area contributed by atoms with Crippen molar-refractivity contribution in [2.24, 2.45) is 5.92 Å². The first-order valence-corrected chi connectivity index (χ1v) is 7.05. The van der Waals surface area contributed by atoms with Gasteiger partial charge in [0.05, 0.1) is 11.6 Å². The van der Waals surface area contributed by atoms with Crippen molar-refractivity contribution in [3.63, 3.8) is 0 Å². The Kier molecular flexibility index (Phi) is 3.20. The molecule has 1 atom stereocenters. The second-order valence-corrected chi connectivity index (χ2v) is 5.66. The number of benzene rings is 2. The van der Waals surface area contributed by atoms with Crippen molar-refractivity contribution in [1.29, 1.82) is 5.26 Å². The van der Waals surface area contributed by atoms with Gasteiger partial charge in [0.1, 0.15) is 0 Å². The predicted octanol–water partition coefficient (Wildman–Crippen LogP) is 4.20. The first-order valence-electron chi connectivity index (χ1n) is 7.05. The van der Waals surface area contributed by atoms with Crippen LogP contribution in [0.5, 0.6) is 0 Å². The van der Waals surface area contributed by atoms with Crippen LogP contribution >= 0.6 is 0 Å². The number of nitrogens with zero attached hydrogens (tertiary/aromatic N) is 2. The Hall–Kier alpha value is -2.27. The molecule has 1 unspecified atom stereocenters. The lowest BCUT2D eigenvalue weighted by atomic mass is 9.93. The number of fused-ring (bicyclic) bond motifs is 1. The van der Waals surface area contributed by atoms with Crippen molar-refractivity contribution in [3.8, 4) is 6.07 Å². The Balaban J connectivity index is 2.06. The summed E-state index contributed by atoms with van der Waals surface area (Å²) in [7, 11) is 0. The summed E-state index contributed by atoms with van der Waals surface area (Å²) in [6, 6.07) is 16.9. The third kappa shape index (κ3) is 2.16. The zero-order valence-corrected chi connectivity index (χ0v) is 11.9. The number of rotatable bonds is 1. The summed E-state index contributed by atoms with van der Waals surface area (Å²) in [5.74, 6) is 0.640. The molecule has 2 aromatic carbocycles. The van der Waals surface area contributed by atoms with Crippen LogP contribution in [0.2, 0.25) is 0 Å². The summed E-state index contributed by atoms with van der Waals surface area (Å²) in [5.41, 5.74) is 5.69. The Morgan fingerprint density at radius 2 is 2.00 bits per heavy atom. The molecule has 1 aliphatic rings. The smallest absolute Gasteiger partial charge is 0.0994 e. The van der Waals surface area contributed by atoms with Gasteiger partial charge < -0.3 is 4.90 Å². The first kappa shape index (κ1) is 12.7. The topological polar surface area (TPSA) is 27.0 Å². The Morgan fingerprint density at radius 3 is 2.75 bits per heavy atom. The van der Waals surface area contributed by atoms with Crippen LogP contribution in [0.1, 0.15) is 23.6 Å². The molecule has 0 bridgehead atoms. The van der Waals surface area contributed by atoms with Crippen LogP contribution in [0, 0.1) is 24.2 Å². The highest BCUT2D eigenvalue weighted by molar-refractivity contribution is 5.69. The van der Waals surface area contributed by atoms with E-state index in [2.05, 4.69) is 54.3 Å². The van der Waals surface area contributed by atoms with Gasteiger partial charge in [-0.3, -0.25) is 0 Å². The molecule has 0 radical (unpaired) electrons. The summed E-state index contributed by atoms with van der Waals surface area (Å²) in [6.45, 7) is 5.32.